The third kappa shape index (κ3) is 9.09. The van der Waals surface area contributed by atoms with E-state index in [-0.39, 0.29) is 17.7 Å². The zero-order valence-corrected chi connectivity index (χ0v) is 19.1. The predicted octanol–water partition coefficient (Wildman–Crippen LogP) is 2.27. The fraction of sp³-hybridized carbons (Fsp3) is 0.625. The maximum absolute atomic E-state index is 12.5. The molecule has 1 N–H and O–H groups in total. The van der Waals surface area contributed by atoms with Crippen molar-refractivity contribution >= 4 is 17.7 Å². The summed E-state index contributed by atoms with van der Waals surface area (Å²) in [4.78, 5) is 42.9. The van der Waals surface area contributed by atoms with E-state index in [0.29, 0.717) is 58.5 Å². The van der Waals surface area contributed by atoms with E-state index in [9.17, 15) is 14.4 Å². The van der Waals surface area contributed by atoms with E-state index in [1.807, 2.05) is 40.1 Å². The molecule has 7 nitrogen and oxygen atoms in total. The predicted molar refractivity (Wildman–Crippen MR) is 122 cm³/mol. The Kier molecular flexibility index (Phi) is 11.1. The molecule has 3 amide bonds. The van der Waals surface area contributed by atoms with Crippen molar-refractivity contribution in [2.24, 2.45) is 0 Å². The van der Waals surface area contributed by atoms with Crippen LogP contribution in [0, 0.1) is 0 Å². The summed E-state index contributed by atoms with van der Waals surface area (Å²) in [6.07, 6.45) is 3.37. The second kappa shape index (κ2) is 13.8. The average Bonchev–Trinajstić information content (AvgIpc) is 2.78. The maximum Gasteiger partial charge on any atom is 0.234 e. The van der Waals surface area contributed by atoms with E-state index in [2.05, 4.69) is 24.1 Å². The number of carbonyl (C=O) groups excluding carboxylic acids is 3. The first-order valence-electron chi connectivity index (χ1n) is 11.6. The minimum atomic E-state index is 0.00542. The number of hydrogen-bond donors (Lipinski definition) is 1. The molecule has 0 radical (unpaired) electrons. The van der Waals surface area contributed by atoms with Gasteiger partial charge >= 0.3 is 0 Å². The largest absolute Gasteiger partial charge is 0.351 e. The summed E-state index contributed by atoms with van der Waals surface area (Å²) in [6, 6.07) is 9.85. The standard InChI is InChI=1S/C24H38N4O3/c1-3-13-27(14-4-2)23(30)11-8-12-24(31)28-17-15-26(16-18-28)20-22(29)25-19-21-9-6-5-7-10-21/h5-7,9-10H,3-4,8,11-20H2,1-2H3,(H,25,29). The Balaban J connectivity index is 1.62. The summed E-state index contributed by atoms with van der Waals surface area (Å²) in [6.45, 7) is 9.29. The van der Waals surface area contributed by atoms with E-state index < -0.39 is 0 Å². The van der Waals surface area contributed by atoms with Gasteiger partial charge < -0.3 is 15.1 Å². The molecule has 0 unspecified atom stereocenters. The second-order valence-electron chi connectivity index (χ2n) is 8.15. The zero-order valence-electron chi connectivity index (χ0n) is 19.1. The first kappa shape index (κ1) is 24.9. The van der Waals surface area contributed by atoms with Gasteiger partial charge in [-0.05, 0) is 24.8 Å². The molecular formula is C24H38N4O3. The number of piperazine rings is 1. The number of nitrogens with one attached hydrogen (secondary N) is 1. The van der Waals surface area contributed by atoms with Crippen molar-refractivity contribution < 1.29 is 14.4 Å². The molecule has 0 aliphatic carbocycles. The summed E-state index contributed by atoms with van der Waals surface area (Å²) in [5, 5.41) is 2.95. The summed E-state index contributed by atoms with van der Waals surface area (Å²) < 4.78 is 0. The van der Waals surface area contributed by atoms with Gasteiger partial charge in [-0.1, -0.05) is 44.2 Å². The van der Waals surface area contributed by atoms with Crippen molar-refractivity contribution in [3.63, 3.8) is 0 Å². The third-order valence-electron chi connectivity index (χ3n) is 5.55. The molecule has 1 aromatic rings. The Morgan fingerprint density at radius 1 is 0.935 bits per heavy atom. The molecule has 0 bridgehead atoms. The molecular weight excluding hydrogens is 392 g/mol. The molecule has 1 fully saturated rings. The van der Waals surface area contributed by atoms with Crippen molar-refractivity contribution in [1.82, 2.24) is 20.0 Å². The monoisotopic (exact) mass is 430 g/mol. The molecule has 1 aliphatic rings. The Hall–Kier alpha value is -2.41. The molecule has 1 saturated heterocycles. The van der Waals surface area contributed by atoms with Crippen LogP contribution >= 0.6 is 0 Å². The lowest BCUT2D eigenvalue weighted by Crippen LogP contribution is -2.51. The third-order valence-corrected chi connectivity index (χ3v) is 5.55. The van der Waals surface area contributed by atoms with Crippen molar-refractivity contribution in [2.45, 2.75) is 52.5 Å². The average molecular weight is 431 g/mol. The molecule has 0 saturated carbocycles. The topological polar surface area (TPSA) is 73.0 Å². The van der Waals surface area contributed by atoms with Crippen LogP contribution in [0.25, 0.3) is 0 Å². The van der Waals surface area contributed by atoms with Gasteiger partial charge in [0, 0.05) is 58.7 Å². The second-order valence-corrected chi connectivity index (χ2v) is 8.15. The molecule has 1 aromatic carbocycles. The van der Waals surface area contributed by atoms with E-state index in [0.717, 1.165) is 31.5 Å². The van der Waals surface area contributed by atoms with Crippen LogP contribution in [0.1, 0.15) is 51.5 Å². The molecule has 1 aliphatic heterocycles. The molecule has 0 spiro atoms. The highest BCUT2D eigenvalue weighted by molar-refractivity contribution is 5.79. The highest BCUT2D eigenvalue weighted by Crippen LogP contribution is 2.08. The van der Waals surface area contributed by atoms with E-state index in [1.165, 1.54) is 0 Å². The minimum Gasteiger partial charge on any atom is -0.351 e. The van der Waals surface area contributed by atoms with Crippen LogP contribution in [-0.2, 0) is 20.9 Å². The van der Waals surface area contributed by atoms with Crippen molar-refractivity contribution in [1.29, 1.82) is 0 Å². The van der Waals surface area contributed by atoms with Crippen molar-refractivity contribution in [3.05, 3.63) is 35.9 Å². The van der Waals surface area contributed by atoms with Crippen LogP contribution in [0.15, 0.2) is 30.3 Å². The van der Waals surface area contributed by atoms with Gasteiger partial charge in [-0.3, -0.25) is 19.3 Å². The SMILES string of the molecule is CCCN(CCC)C(=O)CCCC(=O)N1CCN(CC(=O)NCc2ccccc2)CC1. The molecule has 172 valence electrons. The normalized spacial score (nSPS) is 14.3. The van der Waals surface area contributed by atoms with Gasteiger partial charge in [0.05, 0.1) is 6.54 Å². The van der Waals surface area contributed by atoms with Crippen LogP contribution in [0.4, 0.5) is 0 Å². The van der Waals surface area contributed by atoms with Gasteiger partial charge in [0.15, 0.2) is 0 Å². The first-order chi connectivity index (χ1) is 15.0. The van der Waals surface area contributed by atoms with Crippen LogP contribution in [0.3, 0.4) is 0 Å². The summed E-state index contributed by atoms with van der Waals surface area (Å²) in [7, 11) is 0. The number of benzene rings is 1. The smallest absolute Gasteiger partial charge is 0.234 e. The van der Waals surface area contributed by atoms with Crippen molar-refractivity contribution in [3.8, 4) is 0 Å². The Morgan fingerprint density at radius 2 is 1.58 bits per heavy atom. The van der Waals surface area contributed by atoms with Gasteiger partial charge in [-0.25, -0.2) is 0 Å². The highest BCUT2D eigenvalue weighted by Gasteiger charge is 2.22. The molecule has 0 atom stereocenters. The number of carbonyl (C=O) groups is 3. The van der Waals surface area contributed by atoms with Crippen molar-refractivity contribution in [2.75, 3.05) is 45.8 Å². The molecule has 7 heteroatoms. The number of hydrogen-bond acceptors (Lipinski definition) is 4. The van der Waals surface area contributed by atoms with Crippen LogP contribution in [0.5, 0.6) is 0 Å². The van der Waals surface area contributed by atoms with E-state index in [1.54, 1.807) is 0 Å². The number of nitrogens with zero attached hydrogens (tertiary/aromatic N) is 3. The van der Waals surface area contributed by atoms with Gasteiger partial charge in [0.1, 0.15) is 0 Å². The fourth-order valence-corrected chi connectivity index (χ4v) is 3.82. The molecule has 2 rings (SSSR count). The molecule has 1 heterocycles. The lowest BCUT2D eigenvalue weighted by atomic mass is 10.1. The molecule has 0 aromatic heterocycles. The number of amides is 3. The summed E-state index contributed by atoms with van der Waals surface area (Å²) in [5.41, 5.74) is 1.08. The zero-order chi connectivity index (χ0) is 22.5. The first-order valence-corrected chi connectivity index (χ1v) is 11.6. The highest BCUT2D eigenvalue weighted by atomic mass is 16.2. The van der Waals surface area contributed by atoms with Gasteiger partial charge in [-0.2, -0.15) is 0 Å². The maximum atomic E-state index is 12.5. The fourth-order valence-electron chi connectivity index (χ4n) is 3.82. The van der Waals surface area contributed by atoms with Gasteiger partial charge in [0.2, 0.25) is 17.7 Å². The minimum absolute atomic E-state index is 0.00542. The van der Waals surface area contributed by atoms with Crippen LogP contribution < -0.4 is 5.32 Å². The Bertz CT molecular complexity index is 681. The summed E-state index contributed by atoms with van der Waals surface area (Å²) in [5.74, 6) is 0.271. The van der Waals surface area contributed by atoms with Crippen LogP contribution in [0.2, 0.25) is 0 Å². The van der Waals surface area contributed by atoms with E-state index >= 15 is 0 Å². The quantitative estimate of drug-likeness (QED) is 0.552. The number of rotatable bonds is 12. The lowest BCUT2D eigenvalue weighted by Gasteiger charge is -2.34. The Morgan fingerprint density at radius 3 is 2.19 bits per heavy atom. The van der Waals surface area contributed by atoms with E-state index in [4.69, 9.17) is 0 Å². The van der Waals surface area contributed by atoms with Gasteiger partial charge in [-0.15, -0.1) is 0 Å². The van der Waals surface area contributed by atoms with Crippen LogP contribution in [-0.4, -0.2) is 78.2 Å². The summed E-state index contributed by atoms with van der Waals surface area (Å²) >= 11 is 0. The van der Waals surface area contributed by atoms with Gasteiger partial charge in [0.25, 0.3) is 0 Å². The Labute approximate surface area is 186 Å². The lowest BCUT2D eigenvalue weighted by molar-refractivity contribution is -0.134. The molecule has 31 heavy (non-hydrogen) atoms.